The second-order valence-electron chi connectivity index (χ2n) is 3.52. The topological polar surface area (TPSA) is 69.7 Å². The van der Waals surface area contributed by atoms with Crippen LogP contribution in [0.2, 0.25) is 0 Å². The Morgan fingerprint density at radius 3 is 2.25 bits per heavy atom. The van der Waals surface area contributed by atoms with Gasteiger partial charge in [-0.2, -0.15) is 0 Å². The van der Waals surface area contributed by atoms with Crippen LogP contribution < -0.4 is 29.6 Å². The molecule has 0 unspecified atom stereocenters. The fourth-order valence-corrected chi connectivity index (χ4v) is 2.10. The van der Waals surface area contributed by atoms with Crippen LogP contribution in [-0.4, -0.2) is 44.3 Å². The number of rotatable bonds is 9. The van der Waals surface area contributed by atoms with Gasteiger partial charge in [0.1, 0.15) is 0 Å². The molecule has 5 nitrogen and oxygen atoms in total. The zero-order chi connectivity index (χ0) is 11.7. The van der Waals surface area contributed by atoms with Crippen LogP contribution in [0.1, 0.15) is 25.7 Å². The Morgan fingerprint density at radius 2 is 1.75 bits per heavy atom. The summed E-state index contributed by atoms with van der Waals surface area (Å²) in [4.78, 5) is 2.13. The Labute approximate surface area is 125 Å². The smallest absolute Gasteiger partial charge is 0.725 e. The largest absolute Gasteiger partial charge is 1.00 e. The van der Waals surface area contributed by atoms with Crippen molar-refractivity contribution in [1.82, 2.24) is 4.90 Å². The fourth-order valence-electron chi connectivity index (χ4n) is 1.04. The maximum atomic E-state index is 10.0. The molecule has 0 aromatic rings. The summed E-state index contributed by atoms with van der Waals surface area (Å²) in [6.07, 6.45) is 4.15. The molecular weight excluding hydrogens is 261 g/mol. The van der Waals surface area contributed by atoms with Crippen LogP contribution in [0.25, 0.3) is 0 Å². The molecule has 0 bridgehead atoms. The summed E-state index contributed by atoms with van der Waals surface area (Å²) >= 11 is 0.714. The quantitative estimate of drug-likeness (QED) is 0.164. The van der Waals surface area contributed by atoms with E-state index >= 15 is 0 Å². The summed E-state index contributed by atoms with van der Waals surface area (Å²) in [5.41, 5.74) is 0. The third-order valence-corrected chi connectivity index (χ3v) is 3.22. The molecular formula is C8H18NNaO4S2. The number of hydrogen-bond donors (Lipinski definition) is 0. The van der Waals surface area contributed by atoms with Gasteiger partial charge in [-0.15, -0.1) is 0 Å². The van der Waals surface area contributed by atoms with Crippen molar-refractivity contribution in [2.45, 2.75) is 25.7 Å². The van der Waals surface area contributed by atoms with Gasteiger partial charge in [0, 0.05) is 17.8 Å². The van der Waals surface area contributed by atoms with Gasteiger partial charge in [-0.1, -0.05) is 12.8 Å². The first-order valence-corrected chi connectivity index (χ1v) is 7.08. The van der Waals surface area contributed by atoms with Crippen molar-refractivity contribution in [2.24, 2.45) is 0 Å². The molecule has 0 amide bonds. The molecule has 0 aromatic heterocycles. The summed E-state index contributed by atoms with van der Waals surface area (Å²) < 4.78 is 34.1. The van der Waals surface area contributed by atoms with E-state index in [0.29, 0.717) is 17.8 Å². The van der Waals surface area contributed by atoms with Gasteiger partial charge in [0.2, 0.25) is 10.4 Å². The monoisotopic (exact) mass is 279 g/mol. The maximum absolute atomic E-state index is 10.0. The molecule has 0 saturated heterocycles. The van der Waals surface area contributed by atoms with E-state index in [0.717, 1.165) is 32.2 Å². The van der Waals surface area contributed by atoms with Crippen molar-refractivity contribution >= 4 is 22.4 Å². The van der Waals surface area contributed by atoms with Gasteiger partial charge >= 0.3 is 29.6 Å². The molecule has 0 aliphatic heterocycles. The summed E-state index contributed by atoms with van der Waals surface area (Å²) in [6.45, 7) is 1.07. The van der Waals surface area contributed by atoms with Crippen LogP contribution in [-0.2, 0) is 14.0 Å². The Balaban J connectivity index is 0. The van der Waals surface area contributed by atoms with Crippen LogP contribution >= 0.6 is 12.0 Å². The van der Waals surface area contributed by atoms with Crippen molar-refractivity contribution < 1.29 is 46.2 Å². The summed E-state index contributed by atoms with van der Waals surface area (Å²) in [7, 11) is -0.465. The molecule has 0 spiro atoms. The Hall–Kier alpha value is 1.18. The van der Waals surface area contributed by atoms with E-state index in [1.807, 2.05) is 14.1 Å². The van der Waals surface area contributed by atoms with Crippen LogP contribution in [0, 0.1) is 0 Å². The first-order valence-electron chi connectivity index (χ1n) is 4.83. The summed E-state index contributed by atoms with van der Waals surface area (Å²) in [5, 5.41) is 0. The predicted octanol–water partition coefficient (Wildman–Crippen LogP) is -1.76. The van der Waals surface area contributed by atoms with E-state index in [1.54, 1.807) is 0 Å². The average molecular weight is 279 g/mol. The molecule has 0 saturated carbocycles. The number of nitrogens with zero attached hydrogens (tertiary/aromatic N) is 1. The van der Waals surface area contributed by atoms with Gasteiger partial charge in [0.05, 0.1) is 0 Å². The fraction of sp³-hybridized carbons (Fsp3) is 1.00. The zero-order valence-corrected chi connectivity index (χ0v) is 13.8. The van der Waals surface area contributed by atoms with Crippen molar-refractivity contribution in [3.63, 3.8) is 0 Å². The summed E-state index contributed by atoms with van der Waals surface area (Å²) in [6, 6.07) is 0. The van der Waals surface area contributed by atoms with E-state index in [2.05, 4.69) is 8.53 Å². The first-order chi connectivity index (χ1) is 6.92. The van der Waals surface area contributed by atoms with Gasteiger partial charge in [-0.05, 0) is 33.5 Å². The molecule has 0 rings (SSSR count). The Kier molecular flexibility index (Phi) is 13.8. The standard InChI is InChI=1S/C8H19NO4S2.Na/c1-9(2)7-5-3-4-6-8-14-13-15(10,11)12;/h3-8H2,1-2H3,(H,10,11,12);/q;+1/p-1. The SMILES string of the molecule is CN(C)CCCCCCSOS(=O)(=O)[O-].[Na+]. The van der Waals surface area contributed by atoms with Gasteiger partial charge in [0.25, 0.3) is 0 Å². The van der Waals surface area contributed by atoms with Crippen molar-refractivity contribution in [3.8, 4) is 0 Å². The van der Waals surface area contributed by atoms with E-state index in [-0.39, 0.29) is 29.6 Å². The predicted molar refractivity (Wildman–Crippen MR) is 60.3 cm³/mol. The van der Waals surface area contributed by atoms with Crippen molar-refractivity contribution in [3.05, 3.63) is 0 Å². The maximum Gasteiger partial charge on any atom is 1.00 e. The van der Waals surface area contributed by atoms with Crippen LogP contribution in [0.3, 0.4) is 0 Å². The van der Waals surface area contributed by atoms with Gasteiger partial charge in [0.15, 0.2) is 0 Å². The van der Waals surface area contributed by atoms with Gasteiger partial charge in [-0.25, -0.2) is 12.0 Å². The molecule has 0 atom stereocenters. The molecule has 0 aliphatic carbocycles. The average Bonchev–Trinajstić information content (AvgIpc) is 2.07. The molecule has 0 aromatic carbocycles. The van der Waals surface area contributed by atoms with E-state index in [4.69, 9.17) is 0 Å². The molecule has 8 heteroatoms. The van der Waals surface area contributed by atoms with Crippen LogP contribution in [0.5, 0.6) is 0 Å². The van der Waals surface area contributed by atoms with E-state index in [9.17, 15) is 13.0 Å². The van der Waals surface area contributed by atoms with Gasteiger partial charge < -0.3 is 9.45 Å². The third-order valence-electron chi connectivity index (χ3n) is 1.71. The van der Waals surface area contributed by atoms with E-state index < -0.39 is 10.4 Å². The minimum Gasteiger partial charge on any atom is -0.725 e. The molecule has 0 fully saturated rings. The minimum atomic E-state index is -4.53. The Morgan fingerprint density at radius 1 is 1.19 bits per heavy atom. The second-order valence-corrected chi connectivity index (χ2v) is 5.52. The summed E-state index contributed by atoms with van der Waals surface area (Å²) in [5.74, 6) is 0.545. The zero-order valence-electron chi connectivity index (χ0n) is 10.1. The van der Waals surface area contributed by atoms with Gasteiger partial charge in [-0.3, -0.25) is 0 Å². The molecule has 0 heterocycles. The first kappa shape index (κ1) is 19.5. The molecule has 0 aliphatic rings. The second kappa shape index (κ2) is 11.3. The van der Waals surface area contributed by atoms with Crippen LogP contribution in [0.4, 0.5) is 0 Å². The number of hydrogen-bond acceptors (Lipinski definition) is 6. The molecule has 16 heavy (non-hydrogen) atoms. The third kappa shape index (κ3) is 17.6. The van der Waals surface area contributed by atoms with Crippen molar-refractivity contribution in [2.75, 3.05) is 26.4 Å². The normalized spacial score (nSPS) is 11.5. The molecule has 92 valence electrons. The molecule has 0 radical (unpaired) electrons. The Bertz CT molecular complexity index is 246. The van der Waals surface area contributed by atoms with E-state index in [1.165, 1.54) is 0 Å². The van der Waals surface area contributed by atoms with Crippen LogP contribution in [0.15, 0.2) is 0 Å². The molecule has 0 N–H and O–H groups in total. The van der Waals surface area contributed by atoms with Crippen molar-refractivity contribution in [1.29, 1.82) is 0 Å². The minimum absolute atomic E-state index is 0. The number of unbranched alkanes of at least 4 members (excludes halogenated alkanes) is 3.